The minimum absolute atomic E-state index is 0. The van der Waals surface area contributed by atoms with Gasteiger partial charge >= 0.3 is 0 Å². The molecule has 0 saturated carbocycles. The van der Waals surface area contributed by atoms with Gasteiger partial charge in [0.15, 0.2) is 15.8 Å². The van der Waals surface area contributed by atoms with Crippen molar-refractivity contribution in [1.82, 2.24) is 15.5 Å². The van der Waals surface area contributed by atoms with Crippen LogP contribution in [0.25, 0.3) is 0 Å². The smallest absolute Gasteiger partial charge is 0.191 e. The number of hydrogen-bond donors (Lipinski definition) is 2. The molecule has 1 aromatic carbocycles. The summed E-state index contributed by atoms with van der Waals surface area (Å²) in [6.07, 6.45) is 1.17. The molecule has 1 heterocycles. The number of hydrogen-bond acceptors (Lipinski definition) is 5. The third-order valence-electron chi connectivity index (χ3n) is 4.57. The zero-order chi connectivity index (χ0) is 20.6. The molecule has 1 aromatic rings. The second kappa shape index (κ2) is 12.7. The van der Waals surface area contributed by atoms with E-state index < -0.39 is 15.7 Å². The number of ether oxygens (including phenoxy) is 1. The summed E-state index contributed by atoms with van der Waals surface area (Å²) in [7, 11) is -3.21. The summed E-state index contributed by atoms with van der Waals surface area (Å²) in [5, 5.41) is 6.49. The lowest BCUT2D eigenvalue weighted by Gasteiger charge is -2.32. The molecule has 29 heavy (non-hydrogen) atoms. The van der Waals surface area contributed by atoms with Gasteiger partial charge in [-0.25, -0.2) is 17.8 Å². The minimum atomic E-state index is -3.21. The third kappa shape index (κ3) is 9.58. The van der Waals surface area contributed by atoms with Crippen LogP contribution in [0.2, 0.25) is 0 Å². The normalized spacial score (nSPS) is 16.8. The fraction of sp³-hybridized carbons (Fsp3) is 0.632. The number of nitrogens with zero attached hydrogens (tertiary/aromatic N) is 2. The number of aliphatic imine (C=N–C) groups is 1. The fourth-order valence-corrected chi connectivity index (χ4v) is 3.91. The molecule has 1 aliphatic rings. The minimum Gasteiger partial charge on any atom is -0.379 e. The molecule has 166 valence electrons. The largest absolute Gasteiger partial charge is 0.379 e. The van der Waals surface area contributed by atoms with Gasteiger partial charge in [-0.3, -0.25) is 4.90 Å². The molecular weight excluding hydrogens is 510 g/mol. The van der Waals surface area contributed by atoms with Gasteiger partial charge < -0.3 is 15.4 Å². The molecule has 1 aliphatic heterocycles. The number of benzene rings is 1. The molecule has 7 nitrogen and oxygen atoms in total. The summed E-state index contributed by atoms with van der Waals surface area (Å²) in [4.78, 5) is 6.88. The lowest BCUT2D eigenvalue weighted by Crippen LogP contribution is -2.49. The predicted octanol–water partition coefficient (Wildman–Crippen LogP) is 1.76. The van der Waals surface area contributed by atoms with Gasteiger partial charge in [0, 0.05) is 38.5 Å². The molecule has 0 spiro atoms. The Bertz CT molecular complexity index is 771. The van der Waals surface area contributed by atoms with Crippen molar-refractivity contribution in [3.05, 3.63) is 35.1 Å². The van der Waals surface area contributed by atoms with Crippen LogP contribution in [0.4, 0.5) is 4.39 Å². The van der Waals surface area contributed by atoms with Crippen LogP contribution in [0.1, 0.15) is 25.0 Å². The van der Waals surface area contributed by atoms with Crippen LogP contribution in [0.15, 0.2) is 23.2 Å². The summed E-state index contributed by atoms with van der Waals surface area (Å²) in [5.41, 5.74) is 1.15. The van der Waals surface area contributed by atoms with Gasteiger partial charge in [-0.1, -0.05) is 6.07 Å². The van der Waals surface area contributed by atoms with Crippen molar-refractivity contribution in [2.45, 2.75) is 32.2 Å². The van der Waals surface area contributed by atoms with Gasteiger partial charge in [0.1, 0.15) is 5.82 Å². The van der Waals surface area contributed by atoms with Gasteiger partial charge in [-0.2, -0.15) is 0 Å². The number of sulfone groups is 1. The molecule has 10 heteroatoms. The van der Waals surface area contributed by atoms with E-state index >= 15 is 0 Å². The quantitative estimate of drug-likeness (QED) is 0.296. The first-order valence-electron chi connectivity index (χ1n) is 9.57. The van der Waals surface area contributed by atoms with Crippen LogP contribution in [0, 0.1) is 5.82 Å². The first-order valence-corrected chi connectivity index (χ1v) is 11.6. The Balaban J connectivity index is 0.00000420. The van der Waals surface area contributed by atoms with E-state index in [9.17, 15) is 12.8 Å². The summed E-state index contributed by atoms with van der Waals surface area (Å²) in [6.45, 7) is 9.05. The van der Waals surface area contributed by atoms with Crippen molar-refractivity contribution in [3.63, 3.8) is 0 Å². The highest BCUT2D eigenvalue weighted by atomic mass is 127. The third-order valence-corrected chi connectivity index (χ3v) is 5.41. The first-order chi connectivity index (χ1) is 13.3. The van der Waals surface area contributed by atoms with E-state index in [2.05, 4.69) is 27.4 Å². The number of guanidine groups is 1. The van der Waals surface area contributed by atoms with E-state index in [1.807, 2.05) is 6.92 Å². The number of rotatable bonds is 8. The maximum Gasteiger partial charge on any atom is 0.191 e. The molecule has 0 amide bonds. The van der Waals surface area contributed by atoms with Gasteiger partial charge in [0.25, 0.3) is 0 Å². The van der Waals surface area contributed by atoms with E-state index in [0.29, 0.717) is 36.2 Å². The molecule has 2 N–H and O–H groups in total. The Morgan fingerprint density at radius 1 is 1.28 bits per heavy atom. The van der Waals surface area contributed by atoms with E-state index in [1.165, 1.54) is 24.5 Å². The summed E-state index contributed by atoms with van der Waals surface area (Å²) >= 11 is 0. The van der Waals surface area contributed by atoms with Gasteiger partial charge in [0.2, 0.25) is 0 Å². The lowest BCUT2D eigenvalue weighted by molar-refractivity contribution is 0.0211. The Morgan fingerprint density at radius 3 is 2.59 bits per heavy atom. The monoisotopic (exact) mass is 542 g/mol. The Labute approximate surface area is 190 Å². The van der Waals surface area contributed by atoms with Crippen molar-refractivity contribution < 1.29 is 17.5 Å². The van der Waals surface area contributed by atoms with Crippen LogP contribution in [0.3, 0.4) is 0 Å². The van der Waals surface area contributed by atoms with Gasteiger partial charge in [-0.05, 0) is 37.1 Å². The van der Waals surface area contributed by atoms with E-state index in [1.54, 1.807) is 0 Å². The fourth-order valence-electron chi connectivity index (χ4n) is 3.06. The molecule has 2 rings (SSSR count). The van der Waals surface area contributed by atoms with Crippen LogP contribution >= 0.6 is 24.0 Å². The molecule has 1 unspecified atom stereocenters. The molecule has 0 radical (unpaired) electrons. The van der Waals surface area contributed by atoms with Gasteiger partial charge in [-0.15, -0.1) is 24.0 Å². The second-order valence-electron chi connectivity index (χ2n) is 7.06. The molecule has 1 saturated heterocycles. The zero-order valence-electron chi connectivity index (χ0n) is 17.3. The van der Waals surface area contributed by atoms with Crippen LogP contribution in [0.5, 0.6) is 0 Å². The van der Waals surface area contributed by atoms with Crippen LogP contribution in [-0.4, -0.2) is 71.0 Å². The topological polar surface area (TPSA) is 83.0 Å². The van der Waals surface area contributed by atoms with Crippen LogP contribution < -0.4 is 10.6 Å². The SMILES string of the molecule is CCNC(=NCc1cc(F)ccc1CS(C)(=O)=O)NCC(C)N1CCOCC1.I. The summed E-state index contributed by atoms with van der Waals surface area (Å²) in [5.74, 6) is 0.0921. The maximum absolute atomic E-state index is 13.7. The molecule has 0 bridgehead atoms. The molecule has 0 aliphatic carbocycles. The number of nitrogens with one attached hydrogen (secondary N) is 2. The average molecular weight is 542 g/mol. The highest BCUT2D eigenvalue weighted by Gasteiger charge is 2.17. The highest BCUT2D eigenvalue weighted by molar-refractivity contribution is 14.0. The Morgan fingerprint density at radius 2 is 1.97 bits per heavy atom. The molecular formula is C19H32FIN4O3S. The second-order valence-corrected chi connectivity index (χ2v) is 9.20. The van der Waals surface area contributed by atoms with Crippen molar-refractivity contribution in [2.75, 3.05) is 45.6 Å². The Hall–Kier alpha value is -0.980. The lowest BCUT2D eigenvalue weighted by atomic mass is 10.1. The highest BCUT2D eigenvalue weighted by Crippen LogP contribution is 2.15. The van der Waals surface area contributed by atoms with Crippen molar-refractivity contribution in [3.8, 4) is 0 Å². The van der Waals surface area contributed by atoms with E-state index in [0.717, 1.165) is 26.3 Å². The van der Waals surface area contributed by atoms with E-state index in [4.69, 9.17) is 4.74 Å². The average Bonchev–Trinajstić information content (AvgIpc) is 2.65. The van der Waals surface area contributed by atoms with Crippen molar-refractivity contribution in [1.29, 1.82) is 0 Å². The standard InChI is InChI=1S/C19H31FN4O3S.HI/c1-4-21-19(22-12-15(2)24-7-9-27-10-8-24)23-13-17-11-18(20)6-5-16(17)14-28(3,25)26;/h5-6,11,15H,4,7-10,12-14H2,1-3H3,(H2,21,22,23);1H. The number of morpholine rings is 1. The van der Waals surface area contributed by atoms with Gasteiger partial charge in [0.05, 0.1) is 25.5 Å². The predicted molar refractivity (Wildman–Crippen MR) is 125 cm³/mol. The zero-order valence-corrected chi connectivity index (χ0v) is 20.4. The first kappa shape index (κ1) is 26.1. The molecule has 1 fully saturated rings. The summed E-state index contributed by atoms with van der Waals surface area (Å²) in [6, 6.07) is 4.47. The van der Waals surface area contributed by atoms with Crippen molar-refractivity contribution >= 4 is 39.8 Å². The molecule has 1 atom stereocenters. The number of halogens is 2. The molecule has 0 aromatic heterocycles. The van der Waals surface area contributed by atoms with E-state index in [-0.39, 0.29) is 36.3 Å². The van der Waals surface area contributed by atoms with Crippen molar-refractivity contribution in [2.24, 2.45) is 4.99 Å². The maximum atomic E-state index is 13.7. The summed E-state index contributed by atoms with van der Waals surface area (Å²) < 4.78 is 42.3. The van der Waals surface area contributed by atoms with Crippen LogP contribution in [-0.2, 0) is 26.9 Å². The Kier molecular flexibility index (Phi) is 11.4.